The van der Waals surface area contributed by atoms with Crippen molar-refractivity contribution in [1.82, 2.24) is 4.72 Å². The molecular formula is C19H21N3O4S. The Morgan fingerprint density at radius 2 is 1.74 bits per heavy atom. The van der Waals surface area contributed by atoms with Gasteiger partial charge in [-0.15, -0.1) is 0 Å². The monoisotopic (exact) mass is 387 g/mol. The highest BCUT2D eigenvalue weighted by molar-refractivity contribution is 7.90. The minimum Gasteiger partial charge on any atom is -0.370 e. The zero-order valence-corrected chi connectivity index (χ0v) is 16.1. The van der Waals surface area contributed by atoms with Gasteiger partial charge in [0.25, 0.3) is 21.8 Å². The molecule has 0 saturated carbocycles. The van der Waals surface area contributed by atoms with E-state index in [1.54, 1.807) is 44.2 Å². The highest BCUT2D eigenvalue weighted by Crippen LogP contribution is 2.34. The third-order valence-electron chi connectivity index (χ3n) is 4.30. The molecule has 2 aromatic rings. The number of benzene rings is 2. The highest BCUT2D eigenvalue weighted by atomic mass is 32.2. The van der Waals surface area contributed by atoms with E-state index in [1.807, 2.05) is 17.7 Å². The summed E-state index contributed by atoms with van der Waals surface area (Å²) >= 11 is 0. The van der Waals surface area contributed by atoms with Crippen LogP contribution in [0.15, 0.2) is 53.4 Å². The van der Waals surface area contributed by atoms with Crippen molar-refractivity contribution in [1.29, 1.82) is 0 Å². The smallest absolute Gasteiger partial charge is 0.264 e. The second kappa shape index (κ2) is 6.70. The van der Waals surface area contributed by atoms with Gasteiger partial charge in [0.15, 0.2) is 0 Å². The molecule has 8 heteroatoms. The molecule has 0 saturated heterocycles. The molecule has 1 aliphatic rings. The van der Waals surface area contributed by atoms with Crippen LogP contribution in [0, 0.1) is 6.92 Å². The van der Waals surface area contributed by atoms with Gasteiger partial charge in [-0.2, -0.15) is 0 Å². The van der Waals surface area contributed by atoms with Crippen LogP contribution in [0.3, 0.4) is 0 Å². The first-order chi connectivity index (χ1) is 12.6. The first kappa shape index (κ1) is 18.9. The molecule has 0 spiro atoms. The van der Waals surface area contributed by atoms with Crippen LogP contribution in [-0.2, 0) is 19.6 Å². The summed E-state index contributed by atoms with van der Waals surface area (Å²) in [7, 11) is -4.00. The summed E-state index contributed by atoms with van der Waals surface area (Å²) in [6.45, 7) is 4.86. The van der Waals surface area contributed by atoms with Gasteiger partial charge in [-0.05, 0) is 45.0 Å². The fourth-order valence-electron chi connectivity index (χ4n) is 2.91. The number of carbonyl (C=O) groups is 2. The lowest BCUT2D eigenvalue weighted by Crippen LogP contribution is -2.56. The standard InChI is InChI=1S/C19H21N3O4S/c1-13-8-10-14(11-9-13)27(25,26)21-17(23)12-22-16-7-5-4-6-15(16)20-19(2,3)18(22)24/h4-11,20H,12H2,1-3H3,(H,21,23). The van der Waals surface area contributed by atoms with Crippen molar-refractivity contribution >= 4 is 33.2 Å². The Hall–Kier alpha value is -2.87. The molecule has 1 heterocycles. The molecule has 0 atom stereocenters. The summed E-state index contributed by atoms with van der Waals surface area (Å²) in [6, 6.07) is 13.2. The van der Waals surface area contributed by atoms with Crippen LogP contribution in [-0.4, -0.2) is 32.3 Å². The molecule has 0 aliphatic carbocycles. The SMILES string of the molecule is Cc1ccc(S(=O)(=O)NC(=O)CN2C(=O)C(C)(C)Nc3ccccc32)cc1. The van der Waals surface area contributed by atoms with Gasteiger partial charge >= 0.3 is 0 Å². The van der Waals surface area contributed by atoms with E-state index in [4.69, 9.17) is 0 Å². The lowest BCUT2D eigenvalue weighted by atomic mass is 9.98. The maximum atomic E-state index is 12.8. The van der Waals surface area contributed by atoms with Crippen molar-refractivity contribution in [3.63, 3.8) is 0 Å². The summed E-state index contributed by atoms with van der Waals surface area (Å²) in [5, 5.41) is 3.13. The predicted molar refractivity (Wildman–Crippen MR) is 103 cm³/mol. The minimum atomic E-state index is -4.00. The molecule has 2 amide bonds. The fourth-order valence-corrected chi connectivity index (χ4v) is 3.89. The van der Waals surface area contributed by atoms with Crippen LogP contribution in [0.4, 0.5) is 11.4 Å². The number of nitrogens with zero attached hydrogens (tertiary/aromatic N) is 1. The first-order valence-electron chi connectivity index (χ1n) is 8.42. The van der Waals surface area contributed by atoms with Crippen LogP contribution in [0.2, 0.25) is 0 Å². The second-order valence-electron chi connectivity index (χ2n) is 7.00. The number of nitrogens with one attached hydrogen (secondary N) is 2. The number of rotatable bonds is 4. The van der Waals surface area contributed by atoms with Crippen LogP contribution in [0.25, 0.3) is 0 Å². The zero-order chi connectivity index (χ0) is 19.8. The third kappa shape index (κ3) is 3.80. The number of aryl methyl sites for hydroxylation is 1. The maximum absolute atomic E-state index is 12.8. The quantitative estimate of drug-likeness (QED) is 0.837. The number of fused-ring (bicyclic) bond motifs is 1. The lowest BCUT2D eigenvalue weighted by molar-refractivity contribution is -0.125. The van der Waals surface area contributed by atoms with Crippen molar-refractivity contribution in [2.24, 2.45) is 0 Å². The van der Waals surface area contributed by atoms with Gasteiger partial charge in [-0.3, -0.25) is 14.5 Å². The van der Waals surface area contributed by atoms with Gasteiger partial charge in [0.05, 0.1) is 16.3 Å². The fraction of sp³-hybridized carbons (Fsp3) is 0.263. The molecule has 0 unspecified atom stereocenters. The van der Waals surface area contributed by atoms with E-state index in [-0.39, 0.29) is 10.8 Å². The molecule has 0 aromatic heterocycles. The maximum Gasteiger partial charge on any atom is 0.264 e. The average molecular weight is 387 g/mol. The van der Waals surface area contributed by atoms with Gasteiger partial charge in [0.2, 0.25) is 0 Å². The number of hydrogen-bond acceptors (Lipinski definition) is 5. The van der Waals surface area contributed by atoms with E-state index in [9.17, 15) is 18.0 Å². The van der Waals surface area contributed by atoms with Crippen LogP contribution in [0.5, 0.6) is 0 Å². The van der Waals surface area contributed by atoms with Gasteiger partial charge in [-0.1, -0.05) is 29.8 Å². The Morgan fingerprint density at radius 3 is 2.41 bits per heavy atom. The van der Waals surface area contributed by atoms with Crippen LogP contribution in [0.1, 0.15) is 19.4 Å². The molecule has 7 nitrogen and oxygen atoms in total. The average Bonchev–Trinajstić information content (AvgIpc) is 2.58. The molecule has 0 radical (unpaired) electrons. The second-order valence-corrected chi connectivity index (χ2v) is 8.68. The van der Waals surface area contributed by atoms with E-state index >= 15 is 0 Å². The Balaban J connectivity index is 1.83. The number of para-hydroxylation sites is 2. The van der Waals surface area contributed by atoms with Crippen molar-refractivity contribution in [3.8, 4) is 0 Å². The zero-order valence-electron chi connectivity index (χ0n) is 15.3. The van der Waals surface area contributed by atoms with E-state index in [0.29, 0.717) is 11.4 Å². The molecule has 0 fully saturated rings. The molecule has 2 aromatic carbocycles. The van der Waals surface area contributed by atoms with E-state index in [0.717, 1.165) is 5.56 Å². The Labute approximate surface area is 158 Å². The molecule has 3 rings (SSSR count). The summed E-state index contributed by atoms with van der Waals surface area (Å²) < 4.78 is 26.8. The van der Waals surface area contributed by atoms with E-state index in [1.165, 1.54) is 17.0 Å². The third-order valence-corrected chi connectivity index (χ3v) is 5.69. The summed E-state index contributed by atoms with van der Waals surface area (Å²) in [4.78, 5) is 26.5. The van der Waals surface area contributed by atoms with Crippen molar-refractivity contribution in [2.75, 3.05) is 16.8 Å². The summed E-state index contributed by atoms with van der Waals surface area (Å²) in [5.41, 5.74) is 1.23. The predicted octanol–water partition coefficient (Wildman–Crippen LogP) is 2.04. The summed E-state index contributed by atoms with van der Waals surface area (Å²) in [5.74, 6) is -1.10. The number of carbonyl (C=O) groups excluding carboxylic acids is 2. The van der Waals surface area contributed by atoms with E-state index < -0.39 is 28.0 Å². The highest BCUT2D eigenvalue weighted by Gasteiger charge is 2.39. The number of sulfonamides is 1. The molecule has 2 N–H and O–H groups in total. The number of anilines is 2. The lowest BCUT2D eigenvalue weighted by Gasteiger charge is -2.39. The minimum absolute atomic E-state index is 0.00572. The molecular weight excluding hydrogens is 366 g/mol. The number of amides is 2. The van der Waals surface area contributed by atoms with Crippen molar-refractivity contribution < 1.29 is 18.0 Å². The van der Waals surface area contributed by atoms with Gasteiger partial charge in [0, 0.05) is 0 Å². The largest absolute Gasteiger partial charge is 0.370 e. The first-order valence-corrected chi connectivity index (χ1v) is 9.90. The van der Waals surface area contributed by atoms with Crippen molar-refractivity contribution in [2.45, 2.75) is 31.2 Å². The van der Waals surface area contributed by atoms with Crippen molar-refractivity contribution in [3.05, 3.63) is 54.1 Å². The van der Waals surface area contributed by atoms with Gasteiger partial charge in [-0.25, -0.2) is 13.1 Å². The summed E-state index contributed by atoms with van der Waals surface area (Å²) in [6.07, 6.45) is 0. The van der Waals surface area contributed by atoms with Gasteiger partial charge in [0.1, 0.15) is 12.1 Å². The molecule has 1 aliphatic heterocycles. The van der Waals surface area contributed by atoms with E-state index in [2.05, 4.69) is 5.32 Å². The number of hydrogen-bond donors (Lipinski definition) is 2. The Kier molecular flexibility index (Phi) is 4.69. The normalized spacial score (nSPS) is 15.7. The van der Waals surface area contributed by atoms with Crippen LogP contribution >= 0.6 is 0 Å². The molecule has 0 bridgehead atoms. The Bertz CT molecular complexity index is 998. The van der Waals surface area contributed by atoms with Gasteiger partial charge < -0.3 is 5.32 Å². The van der Waals surface area contributed by atoms with Crippen LogP contribution < -0.4 is 14.9 Å². The topological polar surface area (TPSA) is 95.6 Å². The molecule has 27 heavy (non-hydrogen) atoms. The Morgan fingerprint density at radius 1 is 1.11 bits per heavy atom. The molecule has 142 valence electrons.